The Hall–Kier alpha value is -2.86. The van der Waals surface area contributed by atoms with Gasteiger partial charge >= 0.3 is 0 Å². The number of ether oxygens (including phenoxy) is 1. The quantitative estimate of drug-likeness (QED) is 0.533. The summed E-state index contributed by atoms with van der Waals surface area (Å²) in [7, 11) is 3.32. The number of halogens is 2. The van der Waals surface area contributed by atoms with Gasteiger partial charge in [0, 0.05) is 29.9 Å². The monoisotopic (exact) mass is 370 g/mol. The number of aromatic nitrogens is 4. The van der Waals surface area contributed by atoms with Crippen LogP contribution < -0.4 is 4.74 Å². The Morgan fingerprint density at radius 2 is 1.92 bits per heavy atom. The summed E-state index contributed by atoms with van der Waals surface area (Å²) in [5, 5.41) is 5.09. The Morgan fingerprint density at radius 3 is 2.69 bits per heavy atom. The molecule has 0 saturated carbocycles. The van der Waals surface area contributed by atoms with Crippen LogP contribution in [-0.2, 0) is 7.05 Å². The van der Waals surface area contributed by atoms with Crippen LogP contribution in [0.2, 0.25) is 5.15 Å². The molecule has 0 radical (unpaired) electrons. The molecule has 132 valence electrons. The fourth-order valence-corrected chi connectivity index (χ4v) is 3.42. The highest BCUT2D eigenvalue weighted by molar-refractivity contribution is 6.29. The first-order valence-corrected chi connectivity index (χ1v) is 8.38. The van der Waals surface area contributed by atoms with E-state index in [1.807, 2.05) is 36.7 Å². The van der Waals surface area contributed by atoms with Crippen LogP contribution in [0.5, 0.6) is 5.75 Å². The summed E-state index contributed by atoms with van der Waals surface area (Å²) in [6, 6.07) is 8.68. The molecule has 26 heavy (non-hydrogen) atoms. The molecule has 3 heterocycles. The molecule has 0 N–H and O–H groups in total. The lowest BCUT2D eigenvalue weighted by atomic mass is 10.00. The molecule has 0 aliphatic rings. The third-order valence-electron chi connectivity index (χ3n) is 4.40. The summed E-state index contributed by atoms with van der Waals surface area (Å²) >= 11 is 6.21. The van der Waals surface area contributed by atoms with Crippen LogP contribution in [0.3, 0.4) is 0 Å². The summed E-state index contributed by atoms with van der Waals surface area (Å²) in [6.45, 7) is 1.94. The van der Waals surface area contributed by atoms with Crippen molar-refractivity contribution in [1.29, 1.82) is 0 Å². The fraction of sp³-hybridized carbons (Fsp3) is 0.158. The molecule has 0 atom stereocenters. The van der Waals surface area contributed by atoms with E-state index in [1.165, 1.54) is 13.2 Å². The predicted octanol–water partition coefficient (Wildman–Crippen LogP) is 4.51. The highest BCUT2D eigenvalue weighted by Gasteiger charge is 2.19. The third-order valence-corrected chi connectivity index (χ3v) is 4.68. The molecular formula is C19H16ClFN4O. The maximum atomic E-state index is 13.8. The molecule has 0 unspecified atom stereocenters. The summed E-state index contributed by atoms with van der Waals surface area (Å²) in [6.07, 6.45) is 3.54. The number of hydrogen-bond donors (Lipinski definition) is 0. The molecule has 1 aromatic carbocycles. The largest absolute Gasteiger partial charge is 0.494 e. The van der Waals surface area contributed by atoms with E-state index in [2.05, 4.69) is 10.1 Å². The Morgan fingerprint density at radius 1 is 1.15 bits per heavy atom. The SMILES string of the molecule is COc1cc(-c2c(-c3ccc4ncc(Cl)n4c3)c(C)nn2C)ccc1F. The zero-order valence-electron chi connectivity index (χ0n) is 14.5. The number of methoxy groups -OCH3 is 1. The van der Waals surface area contributed by atoms with E-state index in [-0.39, 0.29) is 5.75 Å². The van der Waals surface area contributed by atoms with E-state index >= 15 is 0 Å². The maximum Gasteiger partial charge on any atom is 0.165 e. The van der Waals surface area contributed by atoms with Gasteiger partial charge in [0.2, 0.25) is 0 Å². The number of pyridine rings is 1. The topological polar surface area (TPSA) is 44.4 Å². The van der Waals surface area contributed by atoms with Gasteiger partial charge in [-0.25, -0.2) is 9.37 Å². The van der Waals surface area contributed by atoms with Crippen molar-refractivity contribution < 1.29 is 9.13 Å². The molecule has 0 fully saturated rings. The van der Waals surface area contributed by atoms with E-state index in [9.17, 15) is 4.39 Å². The second-order valence-electron chi connectivity index (χ2n) is 6.01. The predicted molar refractivity (Wildman–Crippen MR) is 99.1 cm³/mol. The fourth-order valence-electron chi connectivity index (χ4n) is 3.24. The van der Waals surface area contributed by atoms with Crippen LogP contribution in [-0.4, -0.2) is 26.3 Å². The summed E-state index contributed by atoms with van der Waals surface area (Å²) in [5.41, 5.74) is 5.22. The minimum atomic E-state index is -0.400. The van der Waals surface area contributed by atoms with Crippen molar-refractivity contribution in [2.24, 2.45) is 7.05 Å². The van der Waals surface area contributed by atoms with Gasteiger partial charge in [-0.1, -0.05) is 11.6 Å². The molecule has 0 saturated heterocycles. The van der Waals surface area contributed by atoms with Gasteiger partial charge < -0.3 is 4.74 Å². The molecule has 0 aliphatic carbocycles. The van der Waals surface area contributed by atoms with Crippen molar-refractivity contribution in [1.82, 2.24) is 19.2 Å². The van der Waals surface area contributed by atoms with Gasteiger partial charge in [0.25, 0.3) is 0 Å². The average Bonchev–Trinajstić information content (AvgIpc) is 3.14. The van der Waals surface area contributed by atoms with E-state index < -0.39 is 5.82 Å². The molecule has 3 aromatic heterocycles. The number of benzene rings is 1. The van der Waals surface area contributed by atoms with Crippen LogP contribution in [0.15, 0.2) is 42.7 Å². The molecule has 4 aromatic rings. The molecule has 5 nitrogen and oxygen atoms in total. The smallest absolute Gasteiger partial charge is 0.165 e. The lowest BCUT2D eigenvalue weighted by Gasteiger charge is -2.10. The number of nitrogens with zero attached hydrogens (tertiary/aromatic N) is 4. The van der Waals surface area contributed by atoms with Gasteiger partial charge in [0.15, 0.2) is 11.6 Å². The van der Waals surface area contributed by atoms with Crippen molar-refractivity contribution >= 4 is 17.2 Å². The van der Waals surface area contributed by atoms with Crippen LogP contribution in [0.1, 0.15) is 5.69 Å². The van der Waals surface area contributed by atoms with Crippen molar-refractivity contribution in [2.45, 2.75) is 6.92 Å². The van der Waals surface area contributed by atoms with Crippen molar-refractivity contribution in [3.05, 3.63) is 59.4 Å². The minimum absolute atomic E-state index is 0.195. The van der Waals surface area contributed by atoms with Crippen LogP contribution in [0.25, 0.3) is 28.0 Å². The Labute approximate surface area is 154 Å². The second kappa shape index (κ2) is 6.14. The van der Waals surface area contributed by atoms with Crippen LogP contribution >= 0.6 is 11.6 Å². The van der Waals surface area contributed by atoms with E-state index in [4.69, 9.17) is 16.3 Å². The lowest BCUT2D eigenvalue weighted by Crippen LogP contribution is -1.96. The molecule has 0 aliphatic heterocycles. The van der Waals surface area contributed by atoms with E-state index in [0.717, 1.165) is 33.7 Å². The summed E-state index contributed by atoms with van der Waals surface area (Å²) in [4.78, 5) is 4.25. The Bertz CT molecular complexity index is 1130. The third kappa shape index (κ3) is 2.54. The number of rotatable bonds is 3. The van der Waals surface area contributed by atoms with Crippen LogP contribution in [0.4, 0.5) is 4.39 Å². The van der Waals surface area contributed by atoms with Crippen molar-refractivity contribution in [3.63, 3.8) is 0 Å². The number of aryl methyl sites for hydroxylation is 2. The van der Waals surface area contributed by atoms with Gasteiger partial charge in [-0.05, 0) is 37.3 Å². The number of fused-ring (bicyclic) bond motifs is 1. The average molecular weight is 371 g/mol. The second-order valence-corrected chi connectivity index (χ2v) is 6.40. The first-order chi connectivity index (χ1) is 12.5. The van der Waals surface area contributed by atoms with Gasteiger partial charge in [-0.15, -0.1) is 0 Å². The Kier molecular flexibility index (Phi) is 3.92. The standard InChI is InChI=1S/C19H16ClFN4O/c1-11-18(13-5-7-17-22-9-16(20)25(17)10-13)19(24(2)23-11)12-4-6-14(21)15(8-12)26-3/h4-10H,1-3H3. The minimum Gasteiger partial charge on any atom is -0.494 e. The molecule has 7 heteroatoms. The Balaban J connectivity index is 1.96. The van der Waals surface area contributed by atoms with Crippen LogP contribution in [0, 0.1) is 12.7 Å². The van der Waals surface area contributed by atoms with Gasteiger partial charge in [0.05, 0.1) is 24.7 Å². The highest BCUT2D eigenvalue weighted by Crippen LogP contribution is 2.36. The normalized spacial score (nSPS) is 11.3. The summed E-state index contributed by atoms with van der Waals surface area (Å²) in [5.74, 6) is -0.205. The van der Waals surface area contributed by atoms with Crippen molar-refractivity contribution in [3.8, 4) is 28.1 Å². The van der Waals surface area contributed by atoms with E-state index in [1.54, 1.807) is 23.0 Å². The van der Waals surface area contributed by atoms with Gasteiger partial charge in [-0.2, -0.15) is 5.10 Å². The summed E-state index contributed by atoms with van der Waals surface area (Å²) < 4.78 is 22.6. The molecule has 0 amide bonds. The first-order valence-electron chi connectivity index (χ1n) is 8.00. The maximum absolute atomic E-state index is 13.8. The highest BCUT2D eigenvalue weighted by atomic mass is 35.5. The molecule has 0 spiro atoms. The molecule has 0 bridgehead atoms. The zero-order valence-corrected chi connectivity index (χ0v) is 15.3. The number of imidazole rings is 1. The zero-order chi connectivity index (χ0) is 18.4. The number of hydrogen-bond acceptors (Lipinski definition) is 3. The van der Waals surface area contributed by atoms with Crippen molar-refractivity contribution in [2.75, 3.05) is 7.11 Å². The molecule has 4 rings (SSSR count). The van der Waals surface area contributed by atoms with Gasteiger partial charge in [0.1, 0.15) is 10.8 Å². The lowest BCUT2D eigenvalue weighted by molar-refractivity contribution is 0.386. The van der Waals surface area contributed by atoms with Gasteiger partial charge in [-0.3, -0.25) is 9.08 Å². The first kappa shape index (κ1) is 16.6. The molecular weight excluding hydrogens is 355 g/mol. The van der Waals surface area contributed by atoms with E-state index in [0.29, 0.717) is 5.15 Å².